The van der Waals surface area contributed by atoms with E-state index in [1.54, 1.807) is 12.2 Å². The molecule has 1 N–H and O–H groups in total. The SMILES string of the molecule is CCN(CCN(C)C(=O)O)OC.[Na+].[Na+]. The van der Waals surface area contributed by atoms with Crippen molar-refractivity contribution in [1.29, 1.82) is 0 Å². The van der Waals surface area contributed by atoms with Gasteiger partial charge in [0.2, 0.25) is 0 Å². The molecule has 0 aromatic heterocycles. The zero-order chi connectivity index (χ0) is 9.56. The van der Waals surface area contributed by atoms with Crippen LogP contribution >= 0.6 is 0 Å². The van der Waals surface area contributed by atoms with E-state index in [0.29, 0.717) is 13.1 Å². The number of likely N-dealkylation sites (N-methyl/N-ethyl adjacent to an activating group) is 2. The summed E-state index contributed by atoms with van der Waals surface area (Å²) in [5.74, 6) is 0. The topological polar surface area (TPSA) is 53.0 Å². The van der Waals surface area contributed by atoms with Gasteiger partial charge in [-0.25, -0.2) is 4.79 Å². The molecule has 0 heterocycles. The summed E-state index contributed by atoms with van der Waals surface area (Å²) in [6.45, 7) is 3.75. The van der Waals surface area contributed by atoms with Gasteiger partial charge in [-0.05, 0) is 0 Å². The van der Waals surface area contributed by atoms with E-state index in [4.69, 9.17) is 9.94 Å². The molecular formula is C7H16N2Na2O3+2. The normalized spacial score (nSPS) is 8.86. The fraction of sp³-hybridized carbons (Fsp3) is 0.857. The van der Waals surface area contributed by atoms with Crippen LogP contribution < -0.4 is 59.1 Å². The van der Waals surface area contributed by atoms with Gasteiger partial charge in [0.25, 0.3) is 0 Å². The molecule has 0 radical (unpaired) electrons. The molecule has 0 aromatic rings. The summed E-state index contributed by atoms with van der Waals surface area (Å²) in [7, 11) is 3.11. The van der Waals surface area contributed by atoms with Crippen molar-refractivity contribution >= 4 is 6.09 Å². The van der Waals surface area contributed by atoms with Crippen LogP contribution in [0.1, 0.15) is 6.92 Å². The van der Waals surface area contributed by atoms with Crippen LogP contribution in [0.25, 0.3) is 0 Å². The van der Waals surface area contributed by atoms with Crippen molar-refractivity contribution in [3.63, 3.8) is 0 Å². The van der Waals surface area contributed by atoms with Crippen LogP contribution in [-0.2, 0) is 4.84 Å². The molecule has 0 atom stereocenters. The summed E-state index contributed by atoms with van der Waals surface area (Å²) in [6, 6.07) is 0. The van der Waals surface area contributed by atoms with E-state index in [0.717, 1.165) is 6.54 Å². The Hall–Kier alpha value is 1.19. The van der Waals surface area contributed by atoms with Gasteiger partial charge in [-0.1, -0.05) is 6.92 Å². The van der Waals surface area contributed by atoms with Gasteiger partial charge >= 0.3 is 65.2 Å². The van der Waals surface area contributed by atoms with Gasteiger partial charge in [-0.15, -0.1) is 0 Å². The number of carboxylic acid groups (broad SMARTS) is 1. The summed E-state index contributed by atoms with van der Waals surface area (Å²) in [4.78, 5) is 16.5. The minimum absolute atomic E-state index is 0. The predicted molar refractivity (Wildman–Crippen MR) is 44.9 cm³/mol. The van der Waals surface area contributed by atoms with E-state index < -0.39 is 6.09 Å². The van der Waals surface area contributed by atoms with Gasteiger partial charge in [-0.3, -0.25) is 0 Å². The molecule has 7 heteroatoms. The molecule has 72 valence electrons. The Morgan fingerprint density at radius 2 is 1.86 bits per heavy atom. The summed E-state index contributed by atoms with van der Waals surface area (Å²) >= 11 is 0. The molecule has 0 aromatic carbocycles. The van der Waals surface area contributed by atoms with Crippen LogP contribution in [0, 0.1) is 0 Å². The van der Waals surface area contributed by atoms with Crippen molar-refractivity contribution in [2.45, 2.75) is 6.92 Å². The van der Waals surface area contributed by atoms with E-state index in [1.165, 1.54) is 11.9 Å². The van der Waals surface area contributed by atoms with Crippen LogP contribution in [0.15, 0.2) is 0 Å². The van der Waals surface area contributed by atoms with Crippen LogP contribution in [0.2, 0.25) is 0 Å². The molecule has 0 saturated carbocycles. The van der Waals surface area contributed by atoms with Crippen molar-refractivity contribution in [3.8, 4) is 0 Å². The number of hydrogen-bond acceptors (Lipinski definition) is 3. The van der Waals surface area contributed by atoms with E-state index in [-0.39, 0.29) is 59.1 Å². The fourth-order valence-corrected chi connectivity index (χ4v) is 0.736. The third-order valence-electron chi connectivity index (χ3n) is 1.62. The summed E-state index contributed by atoms with van der Waals surface area (Å²) < 4.78 is 0. The minimum atomic E-state index is -0.915. The molecule has 0 bridgehead atoms. The first kappa shape index (κ1) is 20.6. The molecule has 0 unspecified atom stereocenters. The van der Waals surface area contributed by atoms with Gasteiger partial charge in [0.15, 0.2) is 0 Å². The first-order valence-corrected chi connectivity index (χ1v) is 3.85. The average Bonchev–Trinajstić information content (AvgIpc) is 2.05. The zero-order valence-electron chi connectivity index (χ0n) is 9.78. The molecule has 0 aliphatic heterocycles. The Bertz CT molecular complexity index is 145. The maximum Gasteiger partial charge on any atom is 1.00 e. The monoisotopic (exact) mass is 222 g/mol. The number of carbonyl (C=O) groups is 1. The van der Waals surface area contributed by atoms with E-state index in [1.807, 2.05) is 6.92 Å². The molecule has 1 amide bonds. The van der Waals surface area contributed by atoms with Gasteiger partial charge in [-0.2, -0.15) is 5.06 Å². The number of amides is 1. The van der Waals surface area contributed by atoms with E-state index >= 15 is 0 Å². The second-order valence-electron chi connectivity index (χ2n) is 2.41. The van der Waals surface area contributed by atoms with Crippen molar-refractivity contribution in [2.75, 3.05) is 33.8 Å². The quantitative estimate of drug-likeness (QED) is 0.372. The van der Waals surface area contributed by atoms with Crippen molar-refractivity contribution in [1.82, 2.24) is 9.96 Å². The minimum Gasteiger partial charge on any atom is -0.465 e. The second kappa shape index (κ2) is 12.3. The van der Waals surface area contributed by atoms with Crippen molar-refractivity contribution in [2.24, 2.45) is 0 Å². The molecule has 0 fully saturated rings. The van der Waals surface area contributed by atoms with E-state index in [9.17, 15) is 4.79 Å². The third-order valence-corrected chi connectivity index (χ3v) is 1.62. The number of hydrogen-bond donors (Lipinski definition) is 1. The maximum atomic E-state index is 10.4. The smallest absolute Gasteiger partial charge is 0.465 e. The van der Waals surface area contributed by atoms with Gasteiger partial charge < -0.3 is 14.8 Å². The Labute approximate surface area is 129 Å². The van der Waals surface area contributed by atoms with E-state index in [2.05, 4.69) is 0 Å². The molecular weight excluding hydrogens is 206 g/mol. The number of rotatable bonds is 5. The van der Waals surface area contributed by atoms with Gasteiger partial charge in [0.05, 0.1) is 7.11 Å². The Balaban J connectivity index is -0.000000605. The Kier molecular flexibility index (Phi) is 18.0. The Morgan fingerprint density at radius 1 is 1.36 bits per heavy atom. The summed E-state index contributed by atoms with van der Waals surface area (Å²) in [5, 5.41) is 10.2. The molecule has 0 spiro atoms. The second-order valence-corrected chi connectivity index (χ2v) is 2.41. The van der Waals surface area contributed by atoms with Crippen molar-refractivity contribution < 1.29 is 73.9 Å². The molecule has 0 aliphatic carbocycles. The summed E-state index contributed by atoms with van der Waals surface area (Å²) in [6.07, 6.45) is -0.915. The first-order chi connectivity index (χ1) is 5.61. The molecule has 0 aliphatic rings. The number of nitrogens with zero attached hydrogens (tertiary/aromatic N) is 2. The maximum absolute atomic E-state index is 10.4. The van der Waals surface area contributed by atoms with Crippen LogP contribution in [-0.4, -0.2) is 55.0 Å². The van der Waals surface area contributed by atoms with Crippen LogP contribution in [0.3, 0.4) is 0 Å². The molecule has 5 nitrogen and oxygen atoms in total. The molecule has 0 saturated heterocycles. The molecule has 0 rings (SSSR count). The number of hydroxylamine groups is 2. The van der Waals surface area contributed by atoms with Crippen molar-refractivity contribution in [3.05, 3.63) is 0 Å². The molecule has 14 heavy (non-hydrogen) atoms. The fourth-order valence-electron chi connectivity index (χ4n) is 0.736. The van der Waals surface area contributed by atoms with Crippen LogP contribution in [0.5, 0.6) is 0 Å². The van der Waals surface area contributed by atoms with Crippen LogP contribution in [0.4, 0.5) is 4.79 Å². The zero-order valence-corrected chi connectivity index (χ0v) is 13.8. The van der Waals surface area contributed by atoms with Gasteiger partial charge in [0, 0.05) is 26.7 Å². The summed E-state index contributed by atoms with van der Waals surface area (Å²) in [5.41, 5.74) is 0. The predicted octanol–water partition coefficient (Wildman–Crippen LogP) is -5.51. The standard InChI is InChI=1S/C7H16N2O3.2Na/c1-4-9(12-3)6-5-8(2)7(10)11;;/h4-6H2,1-3H3,(H,10,11);;/q;2*+1. The largest absolute Gasteiger partial charge is 1.00 e. The Morgan fingerprint density at radius 3 is 2.14 bits per heavy atom. The van der Waals surface area contributed by atoms with Gasteiger partial charge in [0.1, 0.15) is 0 Å². The third kappa shape index (κ3) is 9.73. The average molecular weight is 222 g/mol. The first-order valence-electron chi connectivity index (χ1n) is 3.85.